The van der Waals surface area contributed by atoms with Crippen molar-refractivity contribution in [1.29, 1.82) is 0 Å². The number of carbonyl (C=O) groups is 2. The Morgan fingerprint density at radius 1 is 1.37 bits per heavy atom. The molecular weight excluding hydrogens is 246 g/mol. The fourth-order valence-corrected chi connectivity index (χ4v) is 1.81. The Morgan fingerprint density at radius 2 is 2.11 bits per heavy atom. The zero-order valence-corrected chi connectivity index (χ0v) is 10.6. The molecule has 1 aromatic rings. The predicted octanol–water partition coefficient (Wildman–Crippen LogP) is 1.15. The minimum atomic E-state index is -0.580. The molecule has 1 aromatic carbocycles. The van der Waals surface area contributed by atoms with E-state index in [9.17, 15) is 9.59 Å². The van der Waals surface area contributed by atoms with Gasteiger partial charge in [-0.15, -0.1) is 0 Å². The maximum Gasteiger partial charge on any atom is 0.333 e. The number of ether oxygens (including phenoxy) is 2. The third-order valence-electron chi connectivity index (χ3n) is 2.80. The van der Waals surface area contributed by atoms with E-state index in [2.05, 4.69) is 10.1 Å². The van der Waals surface area contributed by atoms with Gasteiger partial charge in [-0.2, -0.15) is 0 Å². The third-order valence-corrected chi connectivity index (χ3v) is 2.80. The van der Waals surface area contributed by atoms with Gasteiger partial charge in [0.2, 0.25) is 0 Å². The standard InChI is InChI=1S/C14H15NO4/c1-18-13(16)8-12-11(7-14(17)19-12)15-9-10-5-3-2-4-6-10/h2-7,12,15H,8-9H2,1H3. The minimum Gasteiger partial charge on any atom is -0.469 e. The van der Waals surface area contributed by atoms with Gasteiger partial charge in [-0.3, -0.25) is 4.79 Å². The van der Waals surface area contributed by atoms with Gasteiger partial charge in [0.15, 0.2) is 6.10 Å². The van der Waals surface area contributed by atoms with Gasteiger partial charge >= 0.3 is 11.9 Å². The van der Waals surface area contributed by atoms with E-state index < -0.39 is 18.0 Å². The van der Waals surface area contributed by atoms with Crippen molar-refractivity contribution < 1.29 is 19.1 Å². The van der Waals surface area contributed by atoms with E-state index in [-0.39, 0.29) is 6.42 Å². The average molecular weight is 261 g/mol. The number of esters is 2. The molecule has 1 heterocycles. The molecule has 19 heavy (non-hydrogen) atoms. The molecule has 1 aliphatic heterocycles. The number of hydrogen-bond acceptors (Lipinski definition) is 5. The number of benzene rings is 1. The maximum atomic E-state index is 11.3. The van der Waals surface area contributed by atoms with Gasteiger partial charge in [-0.1, -0.05) is 30.3 Å². The summed E-state index contributed by atoms with van der Waals surface area (Å²) in [5.41, 5.74) is 1.69. The van der Waals surface area contributed by atoms with Gasteiger partial charge in [0, 0.05) is 12.6 Å². The molecule has 1 unspecified atom stereocenters. The second kappa shape index (κ2) is 6.04. The molecule has 0 aromatic heterocycles. The van der Waals surface area contributed by atoms with Crippen LogP contribution in [0.2, 0.25) is 0 Å². The van der Waals surface area contributed by atoms with Crippen LogP contribution in [0.25, 0.3) is 0 Å². The van der Waals surface area contributed by atoms with E-state index in [1.807, 2.05) is 30.3 Å². The molecule has 0 bridgehead atoms. The summed E-state index contributed by atoms with van der Waals surface area (Å²) in [7, 11) is 1.31. The fourth-order valence-electron chi connectivity index (χ4n) is 1.81. The normalized spacial score (nSPS) is 17.6. The van der Waals surface area contributed by atoms with E-state index in [4.69, 9.17) is 4.74 Å². The summed E-state index contributed by atoms with van der Waals surface area (Å²) in [6, 6.07) is 9.76. The van der Waals surface area contributed by atoms with Crippen LogP contribution in [0.1, 0.15) is 12.0 Å². The lowest BCUT2D eigenvalue weighted by Crippen LogP contribution is -2.25. The largest absolute Gasteiger partial charge is 0.469 e. The van der Waals surface area contributed by atoms with E-state index >= 15 is 0 Å². The van der Waals surface area contributed by atoms with Crippen LogP contribution in [0.5, 0.6) is 0 Å². The lowest BCUT2D eigenvalue weighted by atomic mass is 10.1. The highest BCUT2D eigenvalue weighted by Gasteiger charge is 2.28. The molecule has 1 N–H and O–H groups in total. The molecule has 2 rings (SSSR count). The van der Waals surface area contributed by atoms with Gasteiger partial charge in [-0.25, -0.2) is 4.79 Å². The van der Waals surface area contributed by atoms with Crippen molar-refractivity contribution in [1.82, 2.24) is 5.32 Å². The Morgan fingerprint density at radius 3 is 2.79 bits per heavy atom. The van der Waals surface area contributed by atoms with Crippen molar-refractivity contribution in [3.05, 3.63) is 47.7 Å². The summed E-state index contributed by atoms with van der Waals surface area (Å²) in [4.78, 5) is 22.5. The number of rotatable bonds is 5. The first kappa shape index (κ1) is 13.1. The highest BCUT2D eigenvalue weighted by Crippen LogP contribution is 2.17. The summed E-state index contributed by atoms with van der Waals surface area (Å²) in [5, 5.41) is 3.12. The average Bonchev–Trinajstić information content (AvgIpc) is 2.77. The van der Waals surface area contributed by atoms with Crippen molar-refractivity contribution in [3.8, 4) is 0 Å². The van der Waals surface area contributed by atoms with E-state index in [1.165, 1.54) is 13.2 Å². The molecule has 0 spiro atoms. The number of hydrogen-bond donors (Lipinski definition) is 1. The smallest absolute Gasteiger partial charge is 0.333 e. The second-order valence-electron chi connectivity index (χ2n) is 4.14. The monoisotopic (exact) mass is 261 g/mol. The van der Waals surface area contributed by atoms with Crippen LogP contribution < -0.4 is 5.32 Å². The zero-order chi connectivity index (χ0) is 13.7. The summed E-state index contributed by atoms with van der Waals surface area (Å²) < 4.78 is 9.61. The summed E-state index contributed by atoms with van der Waals surface area (Å²) in [6.07, 6.45) is 0.815. The highest BCUT2D eigenvalue weighted by molar-refractivity contribution is 5.86. The van der Waals surface area contributed by atoms with E-state index in [0.717, 1.165) is 5.56 Å². The van der Waals surface area contributed by atoms with Gasteiger partial charge < -0.3 is 14.8 Å². The van der Waals surface area contributed by atoms with Crippen LogP contribution in [-0.4, -0.2) is 25.2 Å². The molecule has 0 fully saturated rings. The number of methoxy groups -OCH3 is 1. The molecule has 5 heteroatoms. The van der Waals surface area contributed by atoms with Crippen LogP contribution in [0.15, 0.2) is 42.1 Å². The van der Waals surface area contributed by atoms with E-state index in [1.54, 1.807) is 0 Å². The molecule has 100 valence electrons. The Balaban J connectivity index is 1.95. The van der Waals surface area contributed by atoms with Gasteiger partial charge in [0.1, 0.15) is 0 Å². The molecule has 1 atom stereocenters. The topological polar surface area (TPSA) is 64.6 Å². The van der Waals surface area contributed by atoms with Gasteiger partial charge in [-0.05, 0) is 5.56 Å². The zero-order valence-electron chi connectivity index (χ0n) is 10.6. The summed E-state index contributed by atoms with van der Waals surface area (Å²) >= 11 is 0. The predicted molar refractivity (Wildman–Crippen MR) is 67.9 cm³/mol. The number of cyclic esters (lactones) is 1. The van der Waals surface area contributed by atoms with Crippen LogP contribution in [0.4, 0.5) is 0 Å². The van der Waals surface area contributed by atoms with Crippen molar-refractivity contribution in [3.63, 3.8) is 0 Å². The highest BCUT2D eigenvalue weighted by atomic mass is 16.6. The SMILES string of the molecule is COC(=O)CC1OC(=O)C=C1NCc1ccccc1. The molecular formula is C14H15NO4. The third kappa shape index (κ3) is 3.58. The number of carbonyl (C=O) groups excluding carboxylic acids is 2. The number of nitrogens with one attached hydrogen (secondary N) is 1. The van der Waals surface area contributed by atoms with Crippen molar-refractivity contribution >= 4 is 11.9 Å². The summed E-state index contributed by atoms with van der Waals surface area (Å²) in [6.45, 7) is 0.570. The Kier molecular flexibility index (Phi) is 4.18. The molecule has 0 radical (unpaired) electrons. The molecule has 5 nitrogen and oxygen atoms in total. The van der Waals surface area contributed by atoms with E-state index in [0.29, 0.717) is 12.2 Å². The lowest BCUT2D eigenvalue weighted by Gasteiger charge is -2.14. The van der Waals surface area contributed by atoms with Crippen LogP contribution in [0.3, 0.4) is 0 Å². The molecule has 0 aliphatic carbocycles. The van der Waals surface area contributed by atoms with Crippen LogP contribution >= 0.6 is 0 Å². The van der Waals surface area contributed by atoms with Crippen molar-refractivity contribution in [2.75, 3.05) is 7.11 Å². The first-order valence-electron chi connectivity index (χ1n) is 5.96. The fraction of sp³-hybridized carbons (Fsp3) is 0.286. The Bertz CT molecular complexity index is 495. The quantitative estimate of drug-likeness (QED) is 0.805. The summed E-state index contributed by atoms with van der Waals surface area (Å²) in [5.74, 6) is -0.850. The van der Waals surface area contributed by atoms with Crippen LogP contribution in [-0.2, 0) is 25.6 Å². The Labute approximate surface area is 111 Å². The second-order valence-corrected chi connectivity index (χ2v) is 4.14. The van der Waals surface area contributed by atoms with Crippen LogP contribution in [0, 0.1) is 0 Å². The maximum absolute atomic E-state index is 11.3. The minimum absolute atomic E-state index is 0.0237. The Hall–Kier alpha value is -2.30. The van der Waals surface area contributed by atoms with Crippen molar-refractivity contribution in [2.45, 2.75) is 19.1 Å². The van der Waals surface area contributed by atoms with Gasteiger partial charge in [0.05, 0.1) is 19.2 Å². The first-order chi connectivity index (χ1) is 9.19. The van der Waals surface area contributed by atoms with Gasteiger partial charge in [0.25, 0.3) is 0 Å². The lowest BCUT2D eigenvalue weighted by molar-refractivity contribution is -0.146. The van der Waals surface area contributed by atoms with Crippen molar-refractivity contribution in [2.24, 2.45) is 0 Å². The molecule has 1 aliphatic rings. The molecule has 0 amide bonds. The first-order valence-corrected chi connectivity index (χ1v) is 5.96. The molecule has 0 saturated carbocycles. The molecule has 0 saturated heterocycles.